The molecule has 0 radical (unpaired) electrons. The van der Waals surface area contributed by atoms with Crippen molar-refractivity contribution in [3.8, 4) is 5.75 Å². The van der Waals surface area contributed by atoms with E-state index in [-0.39, 0.29) is 6.04 Å². The lowest BCUT2D eigenvalue weighted by Crippen LogP contribution is -2.37. The minimum atomic E-state index is -0.896. The lowest BCUT2D eigenvalue weighted by molar-refractivity contribution is 0.0391. The first-order valence-electron chi connectivity index (χ1n) is 5.13. The van der Waals surface area contributed by atoms with Crippen LogP contribution in [-0.4, -0.2) is 24.9 Å². The number of benzene rings is 1. The Kier molecular flexibility index (Phi) is 4.19. The van der Waals surface area contributed by atoms with Gasteiger partial charge < -0.3 is 15.2 Å². The smallest absolute Gasteiger partial charge is 0.123 e. The lowest BCUT2D eigenvalue weighted by Gasteiger charge is -2.30. The first-order chi connectivity index (χ1) is 7.40. The van der Waals surface area contributed by atoms with Gasteiger partial charge in [-0.2, -0.15) is 0 Å². The SMILES string of the molecule is CNC(c1cc(Cl)ccc1OC)C(C)(C)O. The molecule has 0 spiro atoms. The number of hydrogen-bond donors (Lipinski definition) is 2. The molecule has 1 aromatic rings. The summed E-state index contributed by atoms with van der Waals surface area (Å²) >= 11 is 5.96. The van der Waals surface area contributed by atoms with Crippen LogP contribution in [0.3, 0.4) is 0 Å². The summed E-state index contributed by atoms with van der Waals surface area (Å²) in [4.78, 5) is 0. The number of nitrogens with one attached hydrogen (secondary N) is 1. The first kappa shape index (κ1) is 13.3. The highest BCUT2D eigenvalue weighted by Gasteiger charge is 2.29. The van der Waals surface area contributed by atoms with Crippen molar-refractivity contribution in [2.75, 3.05) is 14.2 Å². The van der Waals surface area contributed by atoms with Crippen LogP contribution >= 0.6 is 11.6 Å². The molecule has 2 N–H and O–H groups in total. The number of aliphatic hydroxyl groups is 1. The third kappa shape index (κ3) is 2.88. The Morgan fingerprint density at radius 2 is 2.06 bits per heavy atom. The number of methoxy groups -OCH3 is 1. The van der Waals surface area contributed by atoms with Gasteiger partial charge >= 0.3 is 0 Å². The fourth-order valence-corrected chi connectivity index (χ4v) is 2.00. The monoisotopic (exact) mass is 243 g/mol. The minimum Gasteiger partial charge on any atom is -0.496 e. The van der Waals surface area contributed by atoms with E-state index in [9.17, 15) is 5.11 Å². The van der Waals surface area contributed by atoms with E-state index in [1.54, 1.807) is 46.2 Å². The van der Waals surface area contributed by atoms with Crippen LogP contribution < -0.4 is 10.1 Å². The summed E-state index contributed by atoms with van der Waals surface area (Å²) < 4.78 is 5.27. The number of likely N-dealkylation sites (N-methyl/N-ethyl adjacent to an activating group) is 1. The van der Waals surface area contributed by atoms with Crippen LogP contribution in [0.25, 0.3) is 0 Å². The Morgan fingerprint density at radius 1 is 1.44 bits per heavy atom. The van der Waals surface area contributed by atoms with Crippen LogP contribution in [0.2, 0.25) is 5.02 Å². The van der Waals surface area contributed by atoms with E-state index in [1.807, 2.05) is 0 Å². The second kappa shape index (κ2) is 5.04. The highest BCUT2D eigenvalue weighted by molar-refractivity contribution is 6.30. The molecule has 0 saturated carbocycles. The Bertz CT molecular complexity index is 361. The molecule has 0 aliphatic carbocycles. The standard InChI is InChI=1S/C12H18ClNO2/c1-12(2,15)11(14-3)9-7-8(13)5-6-10(9)16-4/h5-7,11,14-15H,1-4H3. The maximum absolute atomic E-state index is 10.1. The molecule has 0 heterocycles. The lowest BCUT2D eigenvalue weighted by atomic mass is 9.91. The van der Waals surface area contributed by atoms with E-state index in [0.29, 0.717) is 10.8 Å². The van der Waals surface area contributed by atoms with Gasteiger partial charge in [-0.25, -0.2) is 0 Å². The number of halogens is 1. The van der Waals surface area contributed by atoms with Gasteiger partial charge in [-0.3, -0.25) is 0 Å². The Labute approximate surface area is 101 Å². The minimum absolute atomic E-state index is 0.235. The van der Waals surface area contributed by atoms with E-state index >= 15 is 0 Å². The molecule has 0 aliphatic heterocycles. The average Bonchev–Trinajstić information content (AvgIpc) is 2.17. The van der Waals surface area contributed by atoms with Crippen LogP contribution in [0.15, 0.2) is 18.2 Å². The molecule has 1 rings (SSSR count). The largest absolute Gasteiger partial charge is 0.496 e. The third-order valence-electron chi connectivity index (χ3n) is 2.50. The van der Waals surface area contributed by atoms with Gasteiger partial charge in [0.25, 0.3) is 0 Å². The van der Waals surface area contributed by atoms with Gasteiger partial charge in [-0.05, 0) is 39.1 Å². The molecule has 0 fully saturated rings. The highest BCUT2D eigenvalue weighted by Crippen LogP contribution is 2.33. The van der Waals surface area contributed by atoms with E-state index in [2.05, 4.69) is 5.32 Å². The van der Waals surface area contributed by atoms with Crippen LogP contribution in [0, 0.1) is 0 Å². The first-order valence-corrected chi connectivity index (χ1v) is 5.51. The van der Waals surface area contributed by atoms with Gasteiger partial charge in [0, 0.05) is 10.6 Å². The summed E-state index contributed by atoms with van der Waals surface area (Å²) in [6.07, 6.45) is 0. The van der Waals surface area contributed by atoms with Crippen molar-refractivity contribution in [1.29, 1.82) is 0 Å². The zero-order valence-corrected chi connectivity index (χ0v) is 10.8. The summed E-state index contributed by atoms with van der Waals surface area (Å²) in [6, 6.07) is 5.13. The second-order valence-corrected chi connectivity index (χ2v) is 4.70. The maximum Gasteiger partial charge on any atom is 0.123 e. The van der Waals surface area contributed by atoms with Crippen LogP contribution in [0.5, 0.6) is 5.75 Å². The van der Waals surface area contributed by atoms with Gasteiger partial charge in [-0.1, -0.05) is 11.6 Å². The van der Waals surface area contributed by atoms with Crippen molar-refractivity contribution >= 4 is 11.6 Å². The van der Waals surface area contributed by atoms with E-state index in [0.717, 1.165) is 5.56 Å². The normalized spacial score (nSPS) is 13.6. The molecule has 1 aromatic carbocycles. The number of rotatable bonds is 4. The molecule has 0 aliphatic rings. The predicted molar refractivity (Wildman–Crippen MR) is 66.1 cm³/mol. The van der Waals surface area contributed by atoms with Crippen LogP contribution in [-0.2, 0) is 0 Å². The Morgan fingerprint density at radius 3 is 2.50 bits per heavy atom. The fourth-order valence-electron chi connectivity index (χ4n) is 1.82. The Hall–Kier alpha value is -0.770. The molecule has 0 aromatic heterocycles. The molecule has 16 heavy (non-hydrogen) atoms. The zero-order valence-electron chi connectivity index (χ0n) is 10.0. The fraction of sp³-hybridized carbons (Fsp3) is 0.500. The van der Waals surface area contributed by atoms with Crippen molar-refractivity contribution in [2.45, 2.75) is 25.5 Å². The van der Waals surface area contributed by atoms with E-state index in [4.69, 9.17) is 16.3 Å². The van der Waals surface area contributed by atoms with E-state index in [1.165, 1.54) is 0 Å². The molecule has 0 amide bonds. The summed E-state index contributed by atoms with van der Waals surface area (Å²) in [6.45, 7) is 3.49. The van der Waals surface area contributed by atoms with Gasteiger partial charge in [0.2, 0.25) is 0 Å². The van der Waals surface area contributed by atoms with Gasteiger partial charge in [0.05, 0.1) is 18.8 Å². The summed E-state index contributed by atoms with van der Waals surface area (Å²) in [5.41, 5.74) is -0.0443. The van der Waals surface area contributed by atoms with Crippen LogP contribution in [0.1, 0.15) is 25.5 Å². The molecule has 0 saturated heterocycles. The predicted octanol–water partition coefficient (Wildman–Crippen LogP) is 2.38. The molecule has 0 bridgehead atoms. The maximum atomic E-state index is 10.1. The summed E-state index contributed by atoms with van der Waals surface area (Å²) in [7, 11) is 3.40. The summed E-state index contributed by atoms with van der Waals surface area (Å²) in [5.74, 6) is 0.714. The van der Waals surface area contributed by atoms with Gasteiger partial charge in [0.15, 0.2) is 0 Å². The van der Waals surface area contributed by atoms with Crippen molar-refractivity contribution in [1.82, 2.24) is 5.32 Å². The number of ether oxygens (including phenoxy) is 1. The molecule has 1 atom stereocenters. The molecule has 1 unspecified atom stereocenters. The quantitative estimate of drug-likeness (QED) is 0.853. The van der Waals surface area contributed by atoms with Crippen molar-refractivity contribution < 1.29 is 9.84 Å². The topological polar surface area (TPSA) is 41.5 Å². The average molecular weight is 244 g/mol. The van der Waals surface area contributed by atoms with Crippen LogP contribution in [0.4, 0.5) is 0 Å². The van der Waals surface area contributed by atoms with Crippen molar-refractivity contribution in [3.05, 3.63) is 28.8 Å². The van der Waals surface area contributed by atoms with Gasteiger partial charge in [0.1, 0.15) is 5.75 Å². The molecule has 90 valence electrons. The highest BCUT2D eigenvalue weighted by atomic mass is 35.5. The summed E-state index contributed by atoms with van der Waals surface area (Å²) in [5, 5.41) is 13.8. The third-order valence-corrected chi connectivity index (χ3v) is 2.73. The molecule has 3 nitrogen and oxygen atoms in total. The van der Waals surface area contributed by atoms with Crippen molar-refractivity contribution in [3.63, 3.8) is 0 Å². The zero-order chi connectivity index (χ0) is 12.3. The molecule has 4 heteroatoms. The van der Waals surface area contributed by atoms with Gasteiger partial charge in [-0.15, -0.1) is 0 Å². The number of hydrogen-bond acceptors (Lipinski definition) is 3. The second-order valence-electron chi connectivity index (χ2n) is 4.26. The Balaban J connectivity index is 3.23. The molecular weight excluding hydrogens is 226 g/mol. The molecular formula is C12H18ClNO2. The van der Waals surface area contributed by atoms with E-state index < -0.39 is 5.60 Å². The van der Waals surface area contributed by atoms with Crippen molar-refractivity contribution in [2.24, 2.45) is 0 Å².